The Kier molecular flexibility index (Phi) is 3.48. The molecule has 1 saturated carbocycles. The minimum Gasteiger partial charge on any atom is -0.342 e. The highest BCUT2D eigenvalue weighted by molar-refractivity contribution is 5.84. The average Bonchev–Trinajstić information content (AvgIpc) is 2.73. The molecule has 1 amide bonds. The molecule has 2 N–H and O–H groups in total. The molecule has 3 heteroatoms. The van der Waals surface area contributed by atoms with Crippen LogP contribution in [0, 0.1) is 10.8 Å². The van der Waals surface area contributed by atoms with E-state index < -0.39 is 0 Å². The van der Waals surface area contributed by atoms with Gasteiger partial charge in [-0.15, -0.1) is 0 Å². The summed E-state index contributed by atoms with van der Waals surface area (Å²) in [6.45, 7) is 6.94. The van der Waals surface area contributed by atoms with Crippen LogP contribution in [0.5, 0.6) is 0 Å². The third kappa shape index (κ3) is 1.99. The van der Waals surface area contributed by atoms with Crippen LogP contribution in [0.25, 0.3) is 0 Å². The minimum absolute atomic E-state index is 0.183. The van der Waals surface area contributed by atoms with Gasteiger partial charge in [-0.2, -0.15) is 0 Å². The Labute approximate surface area is 105 Å². The van der Waals surface area contributed by atoms with Crippen molar-refractivity contribution in [2.24, 2.45) is 16.6 Å². The molecule has 2 rings (SSSR count). The van der Waals surface area contributed by atoms with Crippen molar-refractivity contribution in [3.63, 3.8) is 0 Å². The monoisotopic (exact) mass is 238 g/mol. The maximum absolute atomic E-state index is 12.5. The van der Waals surface area contributed by atoms with Crippen LogP contribution >= 0.6 is 0 Å². The SMILES string of the molecule is CCC1(CC)CCN(C(=O)C2(CN)CCC2)C1. The Morgan fingerprint density at radius 2 is 1.88 bits per heavy atom. The standard InChI is InChI=1S/C14H26N2O/c1-3-13(4-2)8-9-16(11-13)12(17)14(10-15)6-5-7-14/h3-11,15H2,1-2H3. The van der Waals surface area contributed by atoms with Gasteiger partial charge < -0.3 is 10.6 Å². The molecule has 0 aromatic heterocycles. The van der Waals surface area contributed by atoms with Gasteiger partial charge in [-0.1, -0.05) is 20.3 Å². The van der Waals surface area contributed by atoms with Gasteiger partial charge in [0.2, 0.25) is 5.91 Å². The van der Waals surface area contributed by atoms with Crippen LogP contribution in [0.3, 0.4) is 0 Å². The smallest absolute Gasteiger partial charge is 0.230 e. The van der Waals surface area contributed by atoms with Gasteiger partial charge in [0.05, 0.1) is 5.41 Å². The highest BCUT2D eigenvalue weighted by Gasteiger charge is 2.48. The summed E-state index contributed by atoms with van der Waals surface area (Å²) >= 11 is 0. The summed E-state index contributed by atoms with van der Waals surface area (Å²) in [5.74, 6) is 0.343. The molecule has 1 aliphatic heterocycles. The number of carbonyl (C=O) groups excluding carboxylic acids is 1. The topological polar surface area (TPSA) is 46.3 Å². The Balaban J connectivity index is 2.03. The lowest BCUT2D eigenvalue weighted by Crippen LogP contribution is -2.51. The van der Waals surface area contributed by atoms with Crippen molar-refractivity contribution >= 4 is 5.91 Å². The fraction of sp³-hybridized carbons (Fsp3) is 0.929. The maximum atomic E-state index is 12.5. The fourth-order valence-electron chi connectivity index (χ4n) is 3.38. The summed E-state index contributed by atoms with van der Waals surface area (Å²) in [5.41, 5.74) is 6.02. The van der Waals surface area contributed by atoms with E-state index in [0.717, 1.165) is 25.9 Å². The molecule has 0 aromatic carbocycles. The molecular weight excluding hydrogens is 212 g/mol. The number of rotatable bonds is 4. The zero-order chi connectivity index (χ0) is 12.5. The van der Waals surface area contributed by atoms with Gasteiger partial charge in [0.1, 0.15) is 0 Å². The largest absolute Gasteiger partial charge is 0.342 e. The normalized spacial score (nSPS) is 25.7. The lowest BCUT2D eigenvalue weighted by molar-refractivity contribution is -0.146. The number of nitrogens with zero attached hydrogens (tertiary/aromatic N) is 1. The second-order valence-corrected chi connectivity index (χ2v) is 6.02. The van der Waals surface area contributed by atoms with E-state index in [0.29, 0.717) is 17.9 Å². The molecule has 17 heavy (non-hydrogen) atoms. The van der Waals surface area contributed by atoms with Gasteiger partial charge in [0.25, 0.3) is 0 Å². The summed E-state index contributed by atoms with van der Waals surface area (Å²) in [7, 11) is 0. The van der Waals surface area contributed by atoms with Crippen molar-refractivity contribution in [2.45, 2.75) is 52.4 Å². The highest BCUT2D eigenvalue weighted by atomic mass is 16.2. The van der Waals surface area contributed by atoms with Crippen molar-refractivity contribution in [2.75, 3.05) is 19.6 Å². The summed E-state index contributed by atoms with van der Waals surface area (Å²) in [6.07, 6.45) is 6.72. The molecule has 1 saturated heterocycles. The van der Waals surface area contributed by atoms with Gasteiger partial charge >= 0.3 is 0 Å². The third-order valence-electron chi connectivity index (χ3n) is 5.38. The second-order valence-electron chi connectivity index (χ2n) is 6.02. The summed E-state index contributed by atoms with van der Waals surface area (Å²) in [6, 6.07) is 0. The first-order valence-electron chi connectivity index (χ1n) is 7.11. The van der Waals surface area contributed by atoms with E-state index in [1.54, 1.807) is 0 Å². The number of amides is 1. The summed E-state index contributed by atoms with van der Waals surface area (Å²) in [5, 5.41) is 0. The molecule has 3 nitrogen and oxygen atoms in total. The Bertz CT molecular complexity index is 287. The molecule has 1 aliphatic carbocycles. The van der Waals surface area contributed by atoms with Crippen molar-refractivity contribution in [3.8, 4) is 0 Å². The highest BCUT2D eigenvalue weighted by Crippen LogP contribution is 2.44. The molecule has 0 unspecified atom stereocenters. The predicted octanol–water partition coefficient (Wildman–Crippen LogP) is 2.15. The van der Waals surface area contributed by atoms with Gasteiger partial charge in [-0.05, 0) is 37.5 Å². The lowest BCUT2D eigenvalue weighted by atomic mass is 9.68. The Morgan fingerprint density at radius 1 is 1.24 bits per heavy atom. The Hall–Kier alpha value is -0.570. The molecule has 0 bridgehead atoms. The van der Waals surface area contributed by atoms with Crippen LogP contribution in [0.15, 0.2) is 0 Å². The number of nitrogens with two attached hydrogens (primary N) is 1. The van der Waals surface area contributed by atoms with E-state index in [1.165, 1.54) is 25.7 Å². The van der Waals surface area contributed by atoms with Gasteiger partial charge in [-0.25, -0.2) is 0 Å². The zero-order valence-corrected chi connectivity index (χ0v) is 11.3. The van der Waals surface area contributed by atoms with Crippen molar-refractivity contribution in [3.05, 3.63) is 0 Å². The van der Waals surface area contributed by atoms with E-state index in [1.807, 2.05) is 0 Å². The van der Waals surface area contributed by atoms with Crippen LogP contribution < -0.4 is 5.73 Å². The molecule has 1 heterocycles. The van der Waals surface area contributed by atoms with Gasteiger partial charge in [0.15, 0.2) is 0 Å². The van der Waals surface area contributed by atoms with Crippen LogP contribution in [0.1, 0.15) is 52.4 Å². The molecule has 0 atom stereocenters. The first-order valence-corrected chi connectivity index (χ1v) is 7.11. The van der Waals surface area contributed by atoms with E-state index in [2.05, 4.69) is 18.7 Å². The van der Waals surface area contributed by atoms with Crippen LogP contribution in [-0.4, -0.2) is 30.4 Å². The summed E-state index contributed by atoms with van der Waals surface area (Å²) < 4.78 is 0. The van der Waals surface area contributed by atoms with E-state index in [4.69, 9.17) is 5.73 Å². The lowest BCUT2D eigenvalue weighted by Gasteiger charge is -2.42. The summed E-state index contributed by atoms with van der Waals surface area (Å²) in [4.78, 5) is 14.6. The van der Waals surface area contributed by atoms with Crippen molar-refractivity contribution in [1.82, 2.24) is 4.90 Å². The van der Waals surface area contributed by atoms with E-state index in [9.17, 15) is 4.79 Å². The van der Waals surface area contributed by atoms with E-state index >= 15 is 0 Å². The molecule has 2 fully saturated rings. The second kappa shape index (κ2) is 4.60. The number of likely N-dealkylation sites (tertiary alicyclic amines) is 1. The molecular formula is C14H26N2O. The molecule has 98 valence electrons. The predicted molar refractivity (Wildman–Crippen MR) is 69.6 cm³/mol. The fourth-order valence-corrected chi connectivity index (χ4v) is 3.38. The zero-order valence-electron chi connectivity index (χ0n) is 11.3. The van der Waals surface area contributed by atoms with Crippen LogP contribution in [0.4, 0.5) is 0 Å². The molecule has 0 aromatic rings. The first kappa shape index (κ1) is 12.9. The number of hydrogen-bond acceptors (Lipinski definition) is 2. The minimum atomic E-state index is -0.183. The Morgan fingerprint density at radius 3 is 2.24 bits per heavy atom. The number of hydrogen-bond donors (Lipinski definition) is 1. The van der Waals surface area contributed by atoms with Crippen LogP contribution in [0.2, 0.25) is 0 Å². The maximum Gasteiger partial charge on any atom is 0.230 e. The first-order chi connectivity index (χ1) is 8.11. The molecule has 0 radical (unpaired) electrons. The third-order valence-corrected chi connectivity index (χ3v) is 5.38. The molecule has 0 spiro atoms. The number of carbonyl (C=O) groups is 1. The molecule has 2 aliphatic rings. The quantitative estimate of drug-likeness (QED) is 0.815. The van der Waals surface area contributed by atoms with Crippen molar-refractivity contribution in [1.29, 1.82) is 0 Å². The van der Waals surface area contributed by atoms with Gasteiger partial charge in [0, 0.05) is 19.6 Å². The van der Waals surface area contributed by atoms with Gasteiger partial charge in [-0.3, -0.25) is 4.79 Å². The van der Waals surface area contributed by atoms with Crippen LogP contribution in [-0.2, 0) is 4.79 Å². The average molecular weight is 238 g/mol. The van der Waals surface area contributed by atoms with Crippen molar-refractivity contribution < 1.29 is 4.79 Å². The van der Waals surface area contributed by atoms with E-state index in [-0.39, 0.29) is 5.41 Å².